The van der Waals surface area contributed by atoms with Crippen molar-refractivity contribution in [1.29, 1.82) is 0 Å². The highest BCUT2D eigenvalue weighted by molar-refractivity contribution is 9.08. The Morgan fingerprint density at radius 1 is 1.15 bits per heavy atom. The number of halogens is 3. The smallest absolute Gasteiger partial charge is 0.165 e. The monoisotopic (exact) mass is 358 g/mol. The first kappa shape index (κ1) is 15.1. The number of alkyl halides is 1. The summed E-state index contributed by atoms with van der Waals surface area (Å²) in [5, 5.41) is 1.19. The van der Waals surface area contributed by atoms with Gasteiger partial charge in [-0.3, -0.25) is 0 Å². The molecular formula is C15H13BrClFO2. The van der Waals surface area contributed by atoms with Gasteiger partial charge in [0, 0.05) is 15.9 Å². The van der Waals surface area contributed by atoms with Gasteiger partial charge in [0.15, 0.2) is 11.6 Å². The van der Waals surface area contributed by atoms with E-state index >= 15 is 0 Å². The Balaban J connectivity index is 2.14. The fourth-order valence-corrected chi connectivity index (χ4v) is 2.30. The van der Waals surface area contributed by atoms with Crippen LogP contribution in [0.5, 0.6) is 11.5 Å². The molecule has 0 amide bonds. The highest BCUT2D eigenvalue weighted by Gasteiger charge is 2.08. The van der Waals surface area contributed by atoms with Crippen molar-refractivity contribution in [1.82, 2.24) is 0 Å². The Morgan fingerprint density at radius 3 is 2.55 bits per heavy atom. The lowest BCUT2D eigenvalue weighted by Gasteiger charge is -2.11. The van der Waals surface area contributed by atoms with Gasteiger partial charge < -0.3 is 9.47 Å². The highest BCUT2D eigenvalue weighted by Crippen LogP contribution is 2.26. The van der Waals surface area contributed by atoms with E-state index in [4.69, 9.17) is 21.1 Å². The number of hydrogen-bond donors (Lipinski definition) is 0. The van der Waals surface area contributed by atoms with E-state index in [0.717, 1.165) is 11.1 Å². The van der Waals surface area contributed by atoms with E-state index in [-0.39, 0.29) is 18.2 Å². The molecule has 0 aliphatic heterocycles. The molecule has 20 heavy (non-hydrogen) atoms. The zero-order valence-corrected chi connectivity index (χ0v) is 13.2. The van der Waals surface area contributed by atoms with Crippen LogP contribution in [0.2, 0.25) is 5.02 Å². The lowest BCUT2D eigenvalue weighted by atomic mass is 10.2. The average Bonchev–Trinajstić information content (AvgIpc) is 2.46. The van der Waals surface area contributed by atoms with Crippen LogP contribution in [0.15, 0.2) is 36.4 Å². The summed E-state index contributed by atoms with van der Waals surface area (Å²) in [6, 6.07) is 10.1. The lowest BCUT2D eigenvalue weighted by molar-refractivity contribution is 0.282. The van der Waals surface area contributed by atoms with Crippen molar-refractivity contribution in [2.45, 2.75) is 11.9 Å². The van der Waals surface area contributed by atoms with Crippen molar-refractivity contribution < 1.29 is 13.9 Å². The van der Waals surface area contributed by atoms with E-state index in [0.29, 0.717) is 16.1 Å². The van der Waals surface area contributed by atoms with Crippen molar-refractivity contribution in [3.8, 4) is 11.5 Å². The first-order valence-corrected chi connectivity index (χ1v) is 7.43. The van der Waals surface area contributed by atoms with Gasteiger partial charge in [-0.1, -0.05) is 33.6 Å². The molecule has 0 unspecified atom stereocenters. The fraction of sp³-hybridized carbons (Fsp3) is 0.200. The van der Waals surface area contributed by atoms with E-state index < -0.39 is 0 Å². The Bertz CT molecular complexity index is 604. The number of methoxy groups -OCH3 is 1. The number of hydrogen-bond acceptors (Lipinski definition) is 2. The van der Waals surface area contributed by atoms with E-state index in [2.05, 4.69) is 15.9 Å². The number of benzene rings is 2. The van der Waals surface area contributed by atoms with Crippen molar-refractivity contribution in [2.24, 2.45) is 0 Å². The summed E-state index contributed by atoms with van der Waals surface area (Å²) >= 11 is 9.22. The molecule has 0 fully saturated rings. The van der Waals surface area contributed by atoms with Gasteiger partial charge >= 0.3 is 0 Å². The molecular weight excluding hydrogens is 347 g/mol. The molecule has 0 aliphatic rings. The minimum Gasteiger partial charge on any atom is -0.496 e. The van der Waals surface area contributed by atoms with Gasteiger partial charge in [-0.25, -0.2) is 4.39 Å². The number of rotatable bonds is 5. The van der Waals surface area contributed by atoms with Crippen LogP contribution in [-0.2, 0) is 11.9 Å². The van der Waals surface area contributed by atoms with Crippen LogP contribution in [-0.4, -0.2) is 7.11 Å². The molecule has 2 rings (SSSR count). The fourth-order valence-electron chi connectivity index (χ4n) is 1.76. The molecule has 0 radical (unpaired) electrons. The molecule has 0 aromatic heterocycles. The molecule has 2 aromatic rings. The van der Waals surface area contributed by atoms with E-state index in [1.165, 1.54) is 6.07 Å². The van der Waals surface area contributed by atoms with Gasteiger partial charge in [0.05, 0.1) is 7.11 Å². The summed E-state index contributed by atoms with van der Waals surface area (Å²) in [5.74, 6) is 0.478. The largest absolute Gasteiger partial charge is 0.496 e. The van der Waals surface area contributed by atoms with Crippen LogP contribution in [0, 0.1) is 5.82 Å². The predicted octanol–water partition coefficient (Wildman–Crippen LogP) is 4.96. The topological polar surface area (TPSA) is 18.5 Å². The normalized spacial score (nSPS) is 10.4. The molecule has 0 heterocycles. The predicted molar refractivity (Wildman–Crippen MR) is 81.4 cm³/mol. The van der Waals surface area contributed by atoms with Crippen LogP contribution in [0.1, 0.15) is 11.1 Å². The standard InChI is InChI=1S/C15H13BrClFO2/c1-19-14-5-3-12(17)7-11(14)9-20-15-4-2-10(8-16)6-13(15)18/h2-7H,8-9H2,1H3. The molecule has 2 aromatic carbocycles. The van der Waals surface area contributed by atoms with Crippen LogP contribution in [0.3, 0.4) is 0 Å². The Hall–Kier alpha value is -1.26. The summed E-state index contributed by atoms with van der Waals surface area (Å²) in [7, 11) is 1.57. The minimum atomic E-state index is -0.386. The molecule has 0 spiro atoms. The second-order valence-corrected chi connectivity index (χ2v) is 5.14. The molecule has 0 aliphatic carbocycles. The third-order valence-corrected chi connectivity index (χ3v) is 3.66. The van der Waals surface area contributed by atoms with E-state index in [9.17, 15) is 4.39 Å². The van der Waals surface area contributed by atoms with Crippen LogP contribution >= 0.6 is 27.5 Å². The Kier molecular flexibility index (Phi) is 5.26. The van der Waals surface area contributed by atoms with Gasteiger partial charge in [-0.15, -0.1) is 0 Å². The third-order valence-electron chi connectivity index (χ3n) is 2.78. The molecule has 5 heteroatoms. The summed E-state index contributed by atoms with van der Waals surface area (Å²) in [6.07, 6.45) is 0. The second kappa shape index (κ2) is 6.95. The first-order valence-electron chi connectivity index (χ1n) is 5.93. The maximum atomic E-state index is 13.8. The van der Waals surface area contributed by atoms with Crippen LogP contribution in [0.25, 0.3) is 0 Å². The molecule has 2 nitrogen and oxygen atoms in total. The summed E-state index contributed by atoms with van der Waals surface area (Å²) < 4.78 is 24.5. The quantitative estimate of drug-likeness (QED) is 0.702. The third kappa shape index (κ3) is 3.64. The van der Waals surface area contributed by atoms with E-state index in [1.54, 1.807) is 31.4 Å². The van der Waals surface area contributed by atoms with Crippen molar-refractivity contribution in [3.05, 3.63) is 58.4 Å². The highest BCUT2D eigenvalue weighted by atomic mass is 79.9. The van der Waals surface area contributed by atoms with Crippen LogP contribution < -0.4 is 9.47 Å². The van der Waals surface area contributed by atoms with E-state index in [1.807, 2.05) is 6.07 Å². The number of ether oxygens (including phenoxy) is 2. The Morgan fingerprint density at radius 2 is 1.90 bits per heavy atom. The maximum absolute atomic E-state index is 13.8. The molecule has 0 N–H and O–H groups in total. The van der Waals surface area contributed by atoms with Crippen molar-refractivity contribution in [3.63, 3.8) is 0 Å². The Labute approximate surface area is 130 Å². The maximum Gasteiger partial charge on any atom is 0.165 e. The minimum absolute atomic E-state index is 0.189. The van der Waals surface area contributed by atoms with Gasteiger partial charge in [-0.05, 0) is 35.9 Å². The summed E-state index contributed by atoms with van der Waals surface area (Å²) in [6.45, 7) is 0.189. The molecule has 0 saturated heterocycles. The van der Waals surface area contributed by atoms with Crippen LogP contribution in [0.4, 0.5) is 4.39 Å². The molecule has 0 saturated carbocycles. The zero-order chi connectivity index (χ0) is 14.5. The molecule has 0 atom stereocenters. The average molecular weight is 360 g/mol. The summed E-state index contributed by atoms with van der Waals surface area (Å²) in [5.41, 5.74) is 1.62. The summed E-state index contributed by atoms with van der Waals surface area (Å²) in [4.78, 5) is 0. The zero-order valence-electron chi connectivity index (χ0n) is 10.8. The van der Waals surface area contributed by atoms with Gasteiger partial charge in [0.1, 0.15) is 12.4 Å². The van der Waals surface area contributed by atoms with Gasteiger partial charge in [0.2, 0.25) is 0 Å². The first-order chi connectivity index (χ1) is 9.63. The second-order valence-electron chi connectivity index (χ2n) is 4.14. The van der Waals surface area contributed by atoms with Crippen molar-refractivity contribution >= 4 is 27.5 Å². The molecule has 0 bridgehead atoms. The molecule has 106 valence electrons. The van der Waals surface area contributed by atoms with Gasteiger partial charge in [0.25, 0.3) is 0 Å². The van der Waals surface area contributed by atoms with Gasteiger partial charge in [-0.2, -0.15) is 0 Å². The van der Waals surface area contributed by atoms with Crippen molar-refractivity contribution in [2.75, 3.05) is 7.11 Å². The SMILES string of the molecule is COc1ccc(Cl)cc1COc1ccc(CBr)cc1F. The lowest BCUT2D eigenvalue weighted by Crippen LogP contribution is -2.00.